The van der Waals surface area contributed by atoms with Gasteiger partial charge < -0.3 is 9.47 Å². The molecule has 0 heterocycles. The molecule has 4 aliphatic carbocycles. The second kappa shape index (κ2) is 25.5. The number of fused-ring (bicyclic) bond motifs is 6. The number of hydrogen-bond acceptors (Lipinski definition) is 2. The van der Waals surface area contributed by atoms with Gasteiger partial charge in [-0.15, -0.1) is 60.9 Å². The van der Waals surface area contributed by atoms with Gasteiger partial charge in [-0.05, 0) is 24.0 Å². The van der Waals surface area contributed by atoms with Gasteiger partial charge in [0.1, 0.15) is 0 Å². The number of halogens is 2. The van der Waals surface area contributed by atoms with Crippen LogP contribution in [-0.2, 0) is 60.6 Å². The van der Waals surface area contributed by atoms with Gasteiger partial charge in [-0.2, -0.15) is 36.4 Å². The fourth-order valence-electron chi connectivity index (χ4n) is 5.15. The molecule has 4 aromatic carbocycles. The zero-order valence-corrected chi connectivity index (χ0v) is 38.7. The largest absolute Gasteiger partial charge is 0.273 e. The van der Waals surface area contributed by atoms with Crippen molar-refractivity contribution >= 4 is 31.3 Å². The van der Waals surface area contributed by atoms with Gasteiger partial charge in [0.15, 0.2) is 0 Å². The average Bonchev–Trinajstić information content (AvgIpc) is 3.92. The predicted molar refractivity (Wildman–Crippen MR) is 210 cm³/mol. The molecular formula is C44H46Cl2Hf2O2. The molecule has 256 valence electrons. The van der Waals surface area contributed by atoms with Crippen LogP contribution in [0.3, 0.4) is 0 Å². The number of benzene rings is 4. The normalized spacial score (nSPS) is 11.9. The number of methoxy groups -OCH3 is 2. The third kappa shape index (κ3) is 15.0. The molecule has 0 radical (unpaired) electrons. The van der Waals surface area contributed by atoms with Crippen molar-refractivity contribution < 1.29 is 57.3 Å². The Kier molecular flexibility index (Phi) is 23.2. The molecule has 8 rings (SSSR count). The second-order valence-corrected chi connectivity index (χ2v) is 18.7. The number of ether oxygens (including phenoxy) is 2. The van der Waals surface area contributed by atoms with Crippen molar-refractivity contribution in [3.05, 3.63) is 156 Å². The van der Waals surface area contributed by atoms with Crippen molar-refractivity contribution in [3.63, 3.8) is 0 Å². The van der Waals surface area contributed by atoms with Gasteiger partial charge in [0.05, 0.1) is 14.2 Å². The Balaban J connectivity index is 0.000000331. The van der Waals surface area contributed by atoms with E-state index in [9.17, 15) is 0 Å². The molecular weight excluding hydrogens is 988 g/mol. The first kappa shape index (κ1) is 45.5. The summed E-state index contributed by atoms with van der Waals surface area (Å²) in [5, 5.41) is 0. The summed E-state index contributed by atoms with van der Waals surface area (Å²) in [5.74, 6) is 1.90. The standard InChI is InChI=1S/2C14H11O.2C5H5.2C3H6.2ClH.2Hf/c2*1-15-13-8-4-6-11-9-10-5-2-3-7-12(10)14(11)13;2*1-2-4-5-3-1;2*1-3-2;;;;/h2*2-5,7-8H,9H2,1H3;2*1-3H,4H2;2*1-2H3;2*1H;;/q4*-1;;;;;2*+2. The van der Waals surface area contributed by atoms with Gasteiger partial charge in [-0.1, -0.05) is 70.8 Å². The fraction of sp³-hybridized carbons (Fsp3) is 0.227. The van der Waals surface area contributed by atoms with E-state index in [2.05, 4.69) is 113 Å². The monoisotopic (exact) mass is 1040 g/mol. The maximum absolute atomic E-state index is 5.39. The minimum atomic E-state index is 0. The molecule has 4 aromatic rings. The second-order valence-electron chi connectivity index (χ2n) is 11.5. The van der Waals surface area contributed by atoms with Crippen molar-refractivity contribution in [2.45, 2.75) is 53.4 Å². The summed E-state index contributed by atoms with van der Waals surface area (Å²) in [6.45, 7) is 8.58. The average molecular weight is 1030 g/mol. The molecule has 0 saturated heterocycles. The molecule has 50 heavy (non-hydrogen) atoms. The quantitative estimate of drug-likeness (QED) is 0.127. The summed E-state index contributed by atoms with van der Waals surface area (Å²) in [6.07, 6.45) is 21.9. The SMILES string of the molecule is COc1cc[c-]c2c1-c1ccccc1C2.COc1cc[c-]c2c1-c1ccccc1C2.C[C](C)=[Hf+2].C[C](C)=[Hf+2].Cl.Cl.[C-]1=CC=CC1.[C-]1=CC=CC1. The van der Waals surface area contributed by atoms with Gasteiger partial charge in [0, 0.05) is 11.5 Å². The van der Waals surface area contributed by atoms with Crippen LogP contribution in [0, 0.1) is 24.3 Å². The van der Waals surface area contributed by atoms with Crippen LogP contribution in [0.1, 0.15) is 62.8 Å². The summed E-state index contributed by atoms with van der Waals surface area (Å²) >= 11 is 2.53. The van der Waals surface area contributed by atoms with Gasteiger partial charge in [-0.25, -0.2) is 24.3 Å². The number of rotatable bonds is 2. The van der Waals surface area contributed by atoms with E-state index in [1.165, 1.54) is 92.3 Å². The molecule has 0 bridgehead atoms. The van der Waals surface area contributed by atoms with Gasteiger partial charge in [0.2, 0.25) is 0 Å². The first-order valence-corrected chi connectivity index (χ1v) is 19.6. The third-order valence-corrected chi connectivity index (χ3v) is 7.00. The smallest absolute Gasteiger partial charge is 0.109 e. The molecule has 0 aromatic heterocycles. The topological polar surface area (TPSA) is 18.5 Å². The molecule has 6 heteroatoms. The van der Waals surface area contributed by atoms with Crippen LogP contribution in [0.4, 0.5) is 0 Å². The number of allylic oxidation sites excluding steroid dienone is 8. The van der Waals surface area contributed by atoms with Crippen LogP contribution in [0.15, 0.2) is 109 Å². The van der Waals surface area contributed by atoms with Crippen molar-refractivity contribution in [1.29, 1.82) is 0 Å². The van der Waals surface area contributed by atoms with E-state index in [0.29, 0.717) is 0 Å². The Morgan fingerprint density at radius 2 is 0.940 bits per heavy atom. The maximum atomic E-state index is 5.39. The third-order valence-electron chi connectivity index (χ3n) is 7.00. The Morgan fingerprint density at radius 3 is 1.22 bits per heavy atom. The zero-order valence-electron chi connectivity index (χ0n) is 29.9. The number of hydrogen-bond donors (Lipinski definition) is 0. The molecule has 0 unspecified atom stereocenters. The Bertz CT molecular complexity index is 1630. The Hall–Kier alpha value is -2.50. The molecule has 0 aliphatic heterocycles. The van der Waals surface area contributed by atoms with Crippen molar-refractivity contribution in [2.24, 2.45) is 0 Å². The van der Waals surface area contributed by atoms with E-state index in [-0.39, 0.29) is 24.8 Å². The van der Waals surface area contributed by atoms with Crippen molar-refractivity contribution in [3.8, 4) is 33.8 Å². The van der Waals surface area contributed by atoms with Crippen LogP contribution < -0.4 is 9.47 Å². The first-order chi connectivity index (χ1) is 23.3. The van der Waals surface area contributed by atoms with E-state index in [1.54, 1.807) is 20.7 Å². The molecule has 0 N–H and O–H groups in total. The van der Waals surface area contributed by atoms with Gasteiger partial charge in [-0.3, -0.25) is 12.2 Å². The molecule has 0 spiro atoms. The van der Waals surface area contributed by atoms with E-state index < -0.39 is 0 Å². The first-order valence-electron chi connectivity index (χ1n) is 16.0. The minimum absolute atomic E-state index is 0. The van der Waals surface area contributed by atoms with Gasteiger partial charge in [0.25, 0.3) is 0 Å². The van der Waals surface area contributed by atoms with Gasteiger partial charge >= 0.3 is 82.0 Å². The van der Waals surface area contributed by atoms with Crippen LogP contribution in [0.5, 0.6) is 11.5 Å². The summed E-state index contributed by atoms with van der Waals surface area (Å²) < 4.78 is 13.9. The fourth-order valence-corrected chi connectivity index (χ4v) is 5.15. The van der Waals surface area contributed by atoms with Crippen molar-refractivity contribution in [2.75, 3.05) is 14.2 Å². The molecule has 0 fully saturated rings. The zero-order chi connectivity index (χ0) is 34.7. The summed E-state index contributed by atoms with van der Waals surface area (Å²) in [4.78, 5) is 0. The van der Waals surface area contributed by atoms with E-state index in [1.807, 2.05) is 48.6 Å². The van der Waals surface area contributed by atoms with Crippen LogP contribution in [-0.4, -0.2) is 20.7 Å². The van der Waals surface area contributed by atoms with Crippen LogP contribution in [0.25, 0.3) is 22.3 Å². The maximum Gasteiger partial charge on any atom is -0.109 e. The van der Waals surface area contributed by atoms with Crippen molar-refractivity contribution in [1.82, 2.24) is 0 Å². The summed E-state index contributed by atoms with van der Waals surface area (Å²) in [6, 6.07) is 31.3. The predicted octanol–water partition coefficient (Wildman–Crippen LogP) is 11.1. The molecule has 0 amide bonds. The molecule has 0 atom stereocenters. The summed E-state index contributed by atoms with van der Waals surface area (Å²) in [5.41, 5.74) is 10.3. The Labute approximate surface area is 342 Å². The van der Waals surface area contributed by atoms with E-state index >= 15 is 0 Å². The van der Waals surface area contributed by atoms with Crippen LogP contribution in [0.2, 0.25) is 0 Å². The molecule has 2 nitrogen and oxygen atoms in total. The summed E-state index contributed by atoms with van der Waals surface area (Å²) in [7, 11) is 3.44. The van der Waals surface area contributed by atoms with Crippen LogP contribution >= 0.6 is 24.8 Å². The van der Waals surface area contributed by atoms with E-state index in [4.69, 9.17) is 9.47 Å². The minimum Gasteiger partial charge on any atom is -0.273 e. The Morgan fingerprint density at radius 1 is 0.580 bits per heavy atom. The molecule has 4 aliphatic rings. The molecule has 0 saturated carbocycles. The van der Waals surface area contributed by atoms with E-state index in [0.717, 1.165) is 37.2 Å².